The molecular formula is C9H10N2O. The van der Waals surface area contributed by atoms with Crippen molar-refractivity contribution < 1.29 is 4.79 Å². The molecule has 0 heterocycles. The van der Waals surface area contributed by atoms with Gasteiger partial charge in [0, 0.05) is 5.41 Å². The zero-order chi connectivity index (χ0) is 9.41. The average molecular weight is 162 g/mol. The highest BCUT2D eigenvalue weighted by molar-refractivity contribution is 5.94. The summed E-state index contributed by atoms with van der Waals surface area (Å²) in [6.45, 7) is 3.85. The predicted octanol–water partition coefficient (Wildman–Crippen LogP) is 0.428. The third-order valence-electron chi connectivity index (χ3n) is 2.39. The first-order valence-corrected chi connectivity index (χ1v) is 3.67. The van der Waals surface area contributed by atoms with Gasteiger partial charge in [-0.05, 0) is 12.3 Å². The van der Waals surface area contributed by atoms with Gasteiger partial charge < -0.3 is 5.32 Å². The maximum atomic E-state index is 10.8. The fraction of sp³-hybridized carbons (Fsp3) is 0.556. The third-order valence-corrected chi connectivity index (χ3v) is 2.39. The smallest absolute Gasteiger partial charge is 0.296 e. The van der Waals surface area contributed by atoms with Crippen molar-refractivity contribution in [1.82, 2.24) is 5.32 Å². The fourth-order valence-electron chi connectivity index (χ4n) is 1.28. The van der Waals surface area contributed by atoms with Crippen molar-refractivity contribution in [2.45, 2.75) is 25.8 Å². The van der Waals surface area contributed by atoms with E-state index in [9.17, 15) is 4.79 Å². The van der Waals surface area contributed by atoms with Crippen molar-refractivity contribution in [3.8, 4) is 18.4 Å². The fourth-order valence-corrected chi connectivity index (χ4v) is 1.28. The standard InChI is InChI=1S/C9H10N2O/c1-4-7(12)11-9(6-10)5-8(9,2)3/h1H,5H2,2-3H3,(H,11,12). The van der Waals surface area contributed by atoms with Crippen molar-refractivity contribution in [2.75, 3.05) is 0 Å². The lowest BCUT2D eigenvalue weighted by Gasteiger charge is -2.11. The Morgan fingerprint density at radius 1 is 1.67 bits per heavy atom. The van der Waals surface area contributed by atoms with E-state index >= 15 is 0 Å². The molecule has 1 unspecified atom stereocenters. The monoisotopic (exact) mass is 162 g/mol. The van der Waals surface area contributed by atoms with Crippen LogP contribution in [0.25, 0.3) is 0 Å². The lowest BCUT2D eigenvalue weighted by molar-refractivity contribution is -0.116. The van der Waals surface area contributed by atoms with E-state index in [4.69, 9.17) is 11.7 Å². The first kappa shape index (κ1) is 8.62. The molecule has 1 amide bonds. The van der Waals surface area contributed by atoms with Crippen molar-refractivity contribution in [2.24, 2.45) is 5.41 Å². The number of terminal acetylenes is 1. The summed E-state index contributed by atoms with van der Waals surface area (Å²) in [5, 5.41) is 11.3. The number of hydrogen-bond donors (Lipinski definition) is 1. The average Bonchev–Trinajstić information content (AvgIpc) is 2.54. The Hall–Kier alpha value is -1.48. The zero-order valence-corrected chi connectivity index (χ0v) is 7.14. The Balaban J connectivity index is 2.72. The Kier molecular flexibility index (Phi) is 1.62. The van der Waals surface area contributed by atoms with Crippen LogP contribution in [0.5, 0.6) is 0 Å². The SMILES string of the molecule is C#CC(=O)NC1(C#N)CC1(C)C. The number of carbonyl (C=O) groups is 1. The molecule has 1 rings (SSSR count). The van der Waals surface area contributed by atoms with E-state index in [0.29, 0.717) is 6.42 Å². The molecule has 0 aliphatic heterocycles. The van der Waals surface area contributed by atoms with Crippen molar-refractivity contribution in [1.29, 1.82) is 5.26 Å². The van der Waals surface area contributed by atoms with Crippen LogP contribution in [0.15, 0.2) is 0 Å². The van der Waals surface area contributed by atoms with Gasteiger partial charge >= 0.3 is 0 Å². The molecule has 1 aliphatic rings. The van der Waals surface area contributed by atoms with Gasteiger partial charge in [0.2, 0.25) is 0 Å². The van der Waals surface area contributed by atoms with Crippen molar-refractivity contribution >= 4 is 5.91 Å². The van der Waals surface area contributed by atoms with E-state index in [-0.39, 0.29) is 5.41 Å². The Labute approximate surface area is 71.8 Å². The third kappa shape index (κ3) is 1.04. The summed E-state index contributed by atoms with van der Waals surface area (Å²) in [5.41, 5.74) is -0.870. The molecule has 0 bridgehead atoms. The van der Waals surface area contributed by atoms with Crippen LogP contribution in [0, 0.1) is 29.1 Å². The number of amides is 1. The second-order valence-corrected chi connectivity index (χ2v) is 3.68. The molecule has 1 atom stereocenters. The van der Waals surface area contributed by atoms with Gasteiger partial charge in [0.1, 0.15) is 5.54 Å². The lowest BCUT2D eigenvalue weighted by atomic mass is 10.1. The Bertz CT molecular complexity index is 305. The summed E-state index contributed by atoms with van der Waals surface area (Å²) in [6, 6.07) is 2.08. The minimum Gasteiger partial charge on any atom is -0.326 e. The molecule has 0 aromatic rings. The number of nitriles is 1. The molecule has 1 N–H and O–H groups in total. The second kappa shape index (κ2) is 2.25. The van der Waals surface area contributed by atoms with Gasteiger partial charge in [-0.3, -0.25) is 4.79 Å². The largest absolute Gasteiger partial charge is 0.326 e. The first-order valence-electron chi connectivity index (χ1n) is 3.67. The quantitative estimate of drug-likeness (QED) is 0.568. The van der Waals surface area contributed by atoms with Crippen LogP contribution >= 0.6 is 0 Å². The minimum absolute atomic E-state index is 0.145. The van der Waals surface area contributed by atoms with Crippen LogP contribution < -0.4 is 5.32 Å². The summed E-state index contributed by atoms with van der Waals surface area (Å²) >= 11 is 0. The number of rotatable bonds is 1. The van der Waals surface area contributed by atoms with Crippen molar-refractivity contribution in [3.05, 3.63) is 0 Å². The molecule has 0 aromatic carbocycles. The Morgan fingerprint density at radius 2 is 2.17 bits per heavy atom. The maximum absolute atomic E-state index is 10.8. The van der Waals surface area contributed by atoms with Gasteiger partial charge in [-0.15, -0.1) is 6.42 Å². The van der Waals surface area contributed by atoms with Gasteiger partial charge in [-0.2, -0.15) is 5.26 Å². The summed E-state index contributed by atoms with van der Waals surface area (Å²) in [5.74, 6) is 1.42. The molecule has 1 saturated carbocycles. The van der Waals surface area contributed by atoms with Gasteiger partial charge in [0.15, 0.2) is 0 Å². The maximum Gasteiger partial charge on any atom is 0.296 e. The molecular weight excluding hydrogens is 152 g/mol. The molecule has 3 heteroatoms. The number of carbonyl (C=O) groups excluding carboxylic acids is 1. The summed E-state index contributed by atoms with van der Waals surface area (Å²) in [4.78, 5) is 10.8. The van der Waals surface area contributed by atoms with Gasteiger partial charge in [-0.25, -0.2) is 0 Å². The van der Waals surface area contributed by atoms with E-state index in [0.717, 1.165) is 0 Å². The molecule has 0 radical (unpaired) electrons. The Morgan fingerprint density at radius 3 is 2.42 bits per heavy atom. The van der Waals surface area contributed by atoms with Crippen LogP contribution in [0.4, 0.5) is 0 Å². The van der Waals surface area contributed by atoms with E-state index in [1.807, 2.05) is 19.8 Å². The lowest BCUT2D eigenvalue weighted by Crippen LogP contribution is -2.38. The summed E-state index contributed by atoms with van der Waals surface area (Å²) in [7, 11) is 0. The highest BCUT2D eigenvalue weighted by Gasteiger charge is 2.63. The summed E-state index contributed by atoms with van der Waals surface area (Å²) in [6.07, 6.45) is 5.55. The van der Waals surface area contributed by atoms with Crippen LogP contribution in [0.1, 0.15) is 20.3 Å². The molecule has 0 aromatic heterocycles. The highest BCUT2D eigenvalue weighted by atomic mass is 16.1. The van der Waals surface area contributed by atoms with Crippen LogP contribution in [-0.2, 0) is 4.79 Å². The van der Waals surface area contributed by atoms with Gasteiger partial charge in [0.05, 0.1) is 6.07 Å². The zero-order valence-electron chi connectivity index (χ0n) is 7.14. The molecule has 1 fully saturated rings. The number of nitrogens with one attached hydrogen (secondary N) is 1. The van der Waals surface area contributed by atoms with E-state index in [2.05, 4.69) is 11.4 Å². The normalized spacial score (nSPS) is 29.7. The van der Waals surface area contributed by atoms with E-state index < -0.39 is 11.4 Å². The molecule has 1 aliphatic carbocycles. The predicted molar refractivity (Wildman–Crippen MR) is 43.7 cm³/mol. The molecule has 0 saturated heterocycles. The van der Waals surface area contributed by atoms with Gasteiger partial charge in [-0.1, -0.05) is 13.8 Å². The van der Waals surface area contributed by atoms with E-state index in [1.54, 1.807) is 0 Å². The second-order valence-electron chi connectivity index (χ2n) is 3.68. The van der Waals surface area contributed by atoms with Gasteiger partial charge in [0.25, 0.3) is 5.91 Å². The number of nitrogens with zero attached hydrogens (tertiary/aromatic N) is 1. The van der Waals surface area contributed by atoms with Crippen molar-refractivity contribution in [3.63, 3.8) is 0 Å². The van der Waals surface area contributed by atoms with E-state index in [1.165, 1.54) is 0 Å². The highest BCUT2D eigenvalue weighted by Crippen LogP contribution is 2.54. The molecule has 0 spiro atoms. The first-order chi connectivity index (χ1) is 5.47. The molecule has 3 nitrogen and oxygen atoms in total. The molecule has 62 valence electrons. The summed E-state index contributed by atoms with van der Waals surface area (Å²) < 4.78 is 0. The number of hydrogen-bond acceptors (Lipinski definition) is 2. The van der Waals surface area contributed by atoms with Crippen LogP contribution in [0.3, 0.4) is 0 Å². The van der Waals surface area contributed by atoms with Crippen LogP contribution in [0.2, 0.25) is 0 Å². The minimum atomic E-state index is -0.726. The van der Waals surface area contributed by atoms with Crippen LogP contribution in [-0.4, -0.2) is 11.4 Å². The topological polar surface area (TPSA) is 52.9 Å². The molecule has 12 heavy (non-hydrogen) atoms.